The minimum atomic E-state index is -3.59. The summed E-state index contributed by atoms with van der Waals surface area (Å²) >= 11 is 5.96. The van der Waals surface area contributed by atoms with Gasteiger partial charge in [-0.15, -0.1) is 0 Å². The lowest BCUT2D eigenvalue weighted by atomic mass is 10.2. The molecular weight excluding hydrogens is 367 g/mol. The van der Waals surface area contributed by atoms with Gasteiger partial charge in [-0.25, -0.2) is 12.8 Å². The molecule has 134 valence electrons. The Kier molecular flexibility index (Phi) is 6.02. The Morgan fingerprint density at radius 3 is 2.44 bits per heavy atom. The Hall–Kier alpha value is -2.12. The topological polar surface area (TPSA) is 66.5 Å². The molecule has 0 saturated heterocycles. The Labute approximate surface area is 151 Å². The molecule has 0 bridgehead atoms. The molecule has 0 heterocycles. The van der Waals surface area contributed by atoms with Gasteiger partial charge in [0.25, 0.3) is 0 Å². The number of benzene rings is 2. The summed E-state index contributed by atoms with van der Waals surface area (Å²) in [4.78, 5) is 12.1. The van der Waals surface area contributed by atoms with Crippen molar-refractivity contribution in [3.63, 3.8) is 0 Å². The van der Waals surface area contributed by atoms with Crippen molar-refractivity contribution >= 4 is 38.9 Å². The Morgan fingerprint density at radius 1 is 1.20 bits per heavy atom. The molecule has 0 saturated carbocycles. The molecule has 0 fully saturated rings. The van der Waals surface area contributed by atoms with Gasteiger partial charge >= 0.3 is 0 Å². The molecule has 8 heteroatoms. The second-order valence-electron chi connectivity index (χ2n) is 5.57. The number of nitrogens with one attached hydrogen (secondary N) is 1. The normalized spacial score (nSPS) is 11.2. The SMILES string of the molecule is Cc1ccc(Cl)cc1N(CCC(=O)Nc1ccc(F)cc1)S(C)(=O)=O. The van der Waals surface area contributed by atoms with E-state index < -0.39 is 15.8 Å². The minimum Gasteiger partial charge on any atom is -0.326 e. The lowest BCUT2D eigenvalue weighted by molar-refractivity contribution is -0.116. The Bertz CT molecular complexity index is 870. The van der Waals surface area contributed by atoms with Crippen molar-refractivity contribution in [1.29, 1.82) is 0 Å². The fraction of sp³-hybridized carbons (Fsp3) is 0.235. The summed E-state index contributed by atoms with van der Waals surface area (Å²) in [5, 5.41) is 3.01. The van der Waals surface area contributed by atoms with Crippen LogP contribution >= 0.6 is 11.6 Å². The third kappa shape index (κ3) is 5.44. The first-order valence-corrected chi connectivity index (χ1v) is 9.69. The van der Waals surface area contributed by atoms with Gasteiger partial charge in [-0.1, -0.05) is 17.7 Å². The van der Waals surface area contributed by atoms with Crippen molar-refractivity contribution in [3.8, 4) is 0 Å². The summed E-state index contributed by atoms with van der Waals surface area (Å²) < 4.78 is 38.2. The number of amides is 1. The van der Waals surface area contributed by atoms with Crippen LogP contribution in [0.15, 0.2) is 42.5 Å². The van der Waals surface area contributed by atoms with Crippen LogP contribution < -0.4 is 9.62 Å². The molecule has 2 aromatic rings. The standard InChI is InChI=1S/C17H18ClFN2O3S/c1-12-3-4-13(18)11-16(12)21(25(2,23)24)10-9-17(22)20-15-7-5-14(19)6-8-15/h3-8,11H,9-10H2,1-2H3,(H,20,22). The van der Waals surface area contributed by atoms with E-state index in [4.69, 9.17) is 11.6 Å². The van der Waals surface area contributed by atoms with E-state index in [1.54, 1.807) is 25.1 Å². The quantitative estimate of drug-likeness (QED) is 0.827. The molecule has 0 spiro atoms. The number of anilines is 2. The highest BCUT2D eigenvalue weighted by Gasteiger charge is 2.20. The van der Waals surface area contributed by atoms with Gasteiger partial charge in [0, 0.05) is 23.7 Å². The third-order valence-corrected chi connectivity index (χ3v) is 4.93. The monoisotopic (exact) mass is 384 g/mol. The number of carbonyl (C=O) groups excluding carboxylic acids is 1. The summed E-state index contributed by atoms with van der Waals surface area (Å²) in [6.07, 6.45) is 1.02. The number of aryl methyl sites for hydroxylation is 1. The number of rotatable bonds is 6. The van der Waals surface area contributed by atoms with Crippen LogP contribution in [0.1, 0.15) is 12.0 Å². The molecule has 0 radical (unpaired) electrons. The first-order valence-electron chi connectivity index (χ1n) is 7.46. The number of hydrogen-bond acceptors (Lipinski definition) is 3. The summed E-state index contributed by atoms with van der Waals surface area (Å²) in [5.74, 6) is -0.780. The van der Waals surface area contributed by atoms with Crippen molar-refractivity contribution < 1.29 is 17.6 Å². The average Bonchev–Trinajstić information content (AvgIpc) is 2.52. The maximum atomic E-state index is 12.9. The molecule has 5 nitrogen and oxygen atoms in total. The van der Waals surface area contributed by atoms with Gasteiger partial charge in [-0.05, 0) is 48.9 Å². The van der Waals surface area contributed by atoms with Crippen LogP contribution in [0.5, 0.6) is 0 Å². The minimum absolute atomic E-state index is 0.0347. The predicted molar refractivity (Wildman–Crippen MR) is 98.0 cm³/mol. The van der Waals surface area contributed by atoms with Crippen LogP contribution in [0, 0.1) is 12.7 Å². The fourth-order valence-electron chi connectivity index (χ4n) is 2.28. The molecular formula is C17H18ClFN2O3S. The van der Waals surface area contributed by atoms with Gasteiger partial charge in [0.2, 0.25) is 15.9 Å². The van der Waals surface area contributed by atoms with Crippen LogP contribution in [0.2, 0.25) is 5.02 Å². The van der Waals surface area contributed by atoms with Gasteiger partial charge in [0.15, 0.2) is 0 Å². The van der Waals surface area contributed by atoms with Crippen LogP contribution in [-0.2, 0) is 14.8 Å². The summed E-state index contributed by atoms with van der Waals surface area (Å²) in [7, 11) is -3.59. The van der Waals surface area contributed by atoms with E-state index in [9.17, 15) is 17.6 Å². The van der Waals surface area contributed by atoms with E-state index in [0.29, 0.717) is 16.4 Å². The van der Waals surface area contributed by atoms with Crippen molar-refractivity contribution in [2.75, 3.05) is 22.4 Å². The number of halogens is 2. The zero-order chi connectivity index (χ0) is 18.6. The van der Waals surface area contributed by atoms with Crippen LogP contribution in [0.25, 0.3) is 0 Å². The highest BCUT2D eigenvalue weighted by atomic mass is 35.5. The van der Waals surface area contributed by atoms with Gasteiger partial charge in [-0.2, -0.15) is 0 Å². The number of sulfonamides is 1. The summed E-state index contributed by atoms with van der Waals surface area (Å²) in [5.41, 5.74) is 1.61. The van der Waals surface area contributed by atoms with Crippen molar-refractivity contribution in [2.24, 2.45) is 0 Å². The molecule has 25 heavy (non-hydrogen) atoms. The predicted octanol–water partition coefficient (Wildman–Crippen LogP) is 3.58. The second-order valence-corrected chi connectivity index (χ2v) is 7.91. The fourth-order valence-corrected chi connectivity index (χ4v) is 3.42. The highest BCUT2D eigenvalue weighted by Crippen LogP contribution is 2.26. The zero-order valence-electron chi connectivity index (χ0n) is 13.8. The van der Waals surface area contributed by atoms with Gasteiger partial charge in [0.05, 0.1) is 11.9 Å². The second kappa shape index (κ2) is 7.84. The lowest BCUT2D eigenvalue weighted by Crippen LogP contribution is -2.33. The Balaban J connectivity index is 2.12. The summed E-state index contributed by atoms with van der Waals surface area (Å²) in [6, 6.07) is 10.3. The largest absolute Gasteiger partial charge is 0.326 e. The Morgan fingerprint density at radius 2 is 1.84 bits per heavy atom. The van der Waals surface area contributed by atoms with E-state index in [0.717, 1.165) is 16.1 Å². The van der Waals surface area contributed by atoms with Crippen LogP contribution in [0.4, 0.5) is 15.8 Å². The number of carbonyl (C=O) groups is 1. The van der Waals surface area contributed by atoms with Crippen molar-refractivity contribution in [1.82, 2.24) is 0 Å². The third-order valence-electron chi connectivity index (χ3n) is 3.51. The molecule has 0 aliphatic heterocycles. The molecule has 1 N–H and O–H groups in total. The van der Waals surface area contributed by atoms with E-state index in [1.165, 1.54) is 24.3 Å². The molecule has 0 aliphatic carbocycles. The number of hydrogen-bond donors (Lipinski definition) is 1. The van der Waals surface area contributed by atoms with Gasteiger partial charge < -0.3 is 5.32 Å². The van der Waals surface area contributed by atoms with E-state index >= 15 is 0 Å². The molecule has 0 aliphatic rings. The highest BCUT2D eigenvalue weighted by molar-refractivity contribution is 7.92. The molecule has 0 unspecified atom stereocenters. The molecule has 2 aromatic carbocycles. The smallest absolute Gasteiger partial charge is 0.232 e. The average molecular weight is 385 g/mol. The molecule has 2 rings (SSSR count). The van der Waals surface area contributed by atoms with E-state index in [-0.39, 0.29) is 18.9 Å². The van der Waals surface area contributed by atoms with Crippen LogP contribution in [0.3, 0.4) is 0 Å². The first-order chi connectivity index (χ1) is 11.7. The van der Waals surface area contributed by atoms with Crippen molar-refractivity contribution in [3.05, 3.63) is 58.9 Å². The van der Waals surface area contributed by atoms with Gasteiger partial charge in [-0.3, -0.25) is 9.10 Å². The van der Waals surface area contributed by atoms with Crippen LogP contribution in [-0.4, -0.2) is 27.1 Å². The molecule has 0 atom stereocenters. The maximum absolute atomic E-state index is 12.9. The van der Waals surface area contributed by atoms with Gasteiger partial charge in [0.1, 0.15) is 5.82 Å². The first kappa shape index (κ1) is 19.2. The molecule has 1 amide bonds. The van der Waals surface area contributed by atoms with Crippen molar-refractivity contribution in [2.45, 2.75) is 13.3 Å². The van der Waals surface area contributed by atoms with E-state index in [2.05, 4.69) is 5.32 Å². The number of nitrogens with zero attached hydrogens (tertiary/aromatic N) is 1. The zero-order valence-corrected chi connectivity index (χ0v) is 15.4. The lowest BCUT2D eigenvalue weighted by Gasteiger charge is -2.24. The maximum Gasteiger partial charge on any atom is 0.232 e. The molecule has 0 aromatic heterocycles. The van der Waals surface area contributed by atoms with E-state index in [1.807, 2.05) is 0 Å². The summed E-state index contributed by atoms with van der Waals surface area (Å²) in [6.45, 7) is 1.73.